The van der Waals surface area contributed by atoms with Gasteiger partial charge in [-0.2, -0.15) is 0 Å². The standard InChI is InChI=1S/C19H24N2O2/c22-19(20-13-7-6-10-15-8-4-5-9-15)18-14-17(21-23-18)16-11-2-1-3-12-16/h1-3,11-12,14-15H,4-10,13H2,(H,20,22). The molecule has 1 heterocycles. The number of nitrogens with zero attached hydrogens (tertiary/aromatic N) is 1. The molecule has 1 N–H and O–H groups in total. The minimum atomic E-state index is -0.180. The van der Waals surface area contributed by atoms with E-state index in [0.29, 0.717) is 12.2 Å². The lowest BCUT2D eigenvalue weighted by Crippen LogP contribution is -2.24. The number of nitrogens with one attached hydrogen (secondary N) is 1. The van der Waals surface area contributed by atoms with E-state index in [1.54, 1.807) is 6.07 Å². The molecule has 1 aliphatic rings. The summed E-state index contributed by atoms with van der Waals surface area (Å²) >= 11 is 0. The normalized spacial score (nSPS) is 15.0. The van der Waals surface area contributed by atoms with E-state index in [-0.39, 0.29) is 11.7 Å². The van der Waals surface area contributed by atoms with Crippen molar-refractivity contribution in [3.8, 4) is 11.3 Å². The summed E-state index contributed by atoms with van der Waals surface area (Å²) in [6.07, 6.45) is 9.11. The first kappa shape index (κ1) is 15.8. The number of carbonyl (C=O) groups is 1. The number of rotatable bonds is 7. The molecule has 3 rings (SSSR count). The SMILES string of the molecule is O=C(NCCCCC1CCCC1)c1cc(-c2ccccc2)no1. The van der Waals surface area contributed by atoms with Crippen molar-refractivity contribution in [3.05, 3.63) is 42.2 Å². The molecule has 1 saturated carbocycles. The summed E-state index contributed by atoms with van der Waals surface area (Å²) in [7, 11) is 0. The quantitative estimate of drug-likeness (QED) is 0.769. The Hall–Kier alpha value is -2.10. The summed E-state index contributed by atoms with van der Waals surface area (Å²) in [6.45, 7) is 0.701. The smallest absolute Gasteiger partial charge is 0.289 e. The molecular formula is C19H24N2O2. The molecule has 4 heteroatoms. The maximum Gasteiger partial charge on any atom is 0.289 e. The first-order chi connectivity index (χ1) is 11.3. The van der Waals surface area contributed by atoms with E-state index in [1.807, 2.05) is 30.3 Å². The molecule has 1 aromatic heterocycles. The molecule has 1 amide bonds. The Bertz CT molecular complexity index is 615. The van der Waals surface area contributed by atoms with Crippen molar-refractivity contribution in [1.82, 2.24) is 10.5 Å². The number of unbranched alkanes of at least 4 members (excludes halogenated alkanes) is 1. The van der Waals surface area contributed by atoms with Crippen LogP contribution >= 0.6 is 0 Å². The molecule has 0 spiro atoms. The van der Waals surface area contributed by atoms with Crippen molar-refractivity contribution >= 4 is 5.91 Å². The fourth-order valence-electron chi connectivity index (χ4n) is 3.27. The molecule has 4 nitrogen and oxygen atoms in total. The molecule has 0 aliphatic heterocycles. The molecule has 0 saturated heterocycles. The Morgan fingerprint density at radius 3 is 2.74 bits per heavy atom. The summed E-state index contributed by atoms with van der Waals surface area (Å²) < 4.78 is 5.16. The van der Waals surface area contributed by atoms with Gasteiger partial charge >= 0.3 is 0 Å². The lowest BCUT2D eigenvalue weighted by atomic mass is 10.0. The van der Waals surface area contributed by atoms with Crippen LogP contribution in [0.15, 0.2) is 40.9 Å². The Balaban J connectivity index is 1.41. The summed E-state index contributed by atoms with van der Waals surface area (Å²) in [6, 6.07) is 11.4. The highest BCUT2D eigenvalue weighted by atomic mass is 16.5. The molecule has 0 radical (unpaired) electrons. The molecule has 0 atom stereocenters. The van der Waals surface area contributed by atoms with Gasteiger partial charge in [-0.15, -0.1) is 0 Å². The van der Waals surface area contributed by atoms with Crippen molar-refractivity contribution < 1.29 is 9.32 Å². The van der Waals surface area contributed by atoms with Gasteiger partial charge in [0.1, 0.15) is 5.69 Å². The highest BCUT2D eigenvalue weighted by Crippen LogP contribution is 2.28. The molecule has 0 unspecified atom stereocenters. The summed E-state index contributed by atoms with van der Waals surface area (Å²) in [4.78, 5) is 12.1. The summed E-state index contributed by atoms with van der Waals surface area (Å²) in [5.74, 6) is 1.02. The number of carbonyl (C=O) groups excluding carboxylic acids is 1. The van der Waals surface area contributed by atoms with Gasteiger partial charge in [0, 0.05) is 18.2 Å². The Labute approximate surface area is 137 Å². The van der Waals surface area contributed by atoms with Gasteiger partial charge < -0.3 is 9.84 Å². The number of hydrogen-bond donors (Lipinski definition) is 1. The van der Waals surface area contributed by atoms with Crippen LogP contribution in [-0.2, 0) is 0 Å². The fourth-order valence-corrected chi connectivity index (χ4v) is 3.27. The maximum absolute atomic E-state index is 12.1. The Kier molecular flexibility index (Phi) is 5.46. The second-order valence-corrected chi connectivity index (χ2v) is 6.34. The van der Waals surface area contributed by atoms with Crippen LogP contribution in [0, 0.1) is 5.92 Å². The van der Waals surface area contributed by atoms with Crippen LogP contribution in [0.4, 0.5) is 0 Å². The van der Waals surface area contributed by atoms with Crippen LogP contribution in [0.3, 0.4) is 0 Å². The molecule has 0 bridgehead atoms. The molecular weight excluding hydrogens is 288 g/mol. The van der Waals surface area contributed by atoms with E-state index >= 15 is 0 Å². The first-order valence-corrected chi connectivity index (χ1v) is 8.63. The zero-order valence-electron chi connectivity index (χ0n) is 13.5. The first-order valence-electron chi connectivity index (χ1n) is 8.63. The lowest BCUT2D eigenvalue weighted by molar-refractivity contribution is 0.0916. The third kappa shape index (κ3) is 4.44. The van der Waals surface area contributed by atoms with Crippen LogP contribution in [-0.4, -0.2) is 17.6 Å². The highest BCUT2D eigenvalue weighted by molar-refractivity contribution is 5.92. The van der Waals surface area contributed by atoms with E-state index < -0.39 is 0 Å². The summed E-state index contributed by atoms with van der Waals surface area (Å²) in [5, 5.41) is 6.88. The Morgan fingerprint density at radius 2 is 1.96 bits per heavy atom. The Morgan fingerprint density at radius 1 is 1.17 bits per heavy atom. The highest BCUT2D eigenvalue weighted by Gasteiger charge is 2.15. The van der Waals surface area contributed by atoms with Gasteiger partial charge in [-0.05, 0) is 12.3 Å². The number of hydrogen-bond acceptors (Lipinski definition) is 3. The maximum atomic E-state index is 12.1. The van der Waals surface area contributed by atoms with Gasteiger partial charge in [0.2, 0.25) is 5.76 Å². The molecule has 1 fully saturated rings. The van der Waals surface area contributed by atoms with Crippen LogP contribution in [0.25, 0.3) is 11.3 Å². The largest absolute Gasteiger partial charge is 0.350 e. The van der Waals surface area contributed by atoms with E-state index in [4.69, 9.17) is 4.52 Å². The minimum Gasteiger partial charge on any atom is -0.350 e. The molecule has 23 heavy (non-hydrogen) atoms. The second-order valence-electron chi connectivity index (χ2n) is 6.34. The zero-order valence-corrected chi connectivity index (χ0v) is 13.5. The van der Waals surface area contributed by atoms with Crippen LogP contribution in [0.1, 0.15) is 55.5 Å². The molecule has 122 valence electrons. The monoisotopic (exact) mass is 312 g/mol. The van der Waals surface area contributed by atoms with E-state index in [9.17, 15) is 4.79 Å². The van der Waals surface area contributed by atoms with Gasteiger partial charge in [-0.3, -0.25) is 4.79 Å². The average Bonchev–Trinajstić information content (AvgIpc) is 3.27. The fraction of sp³-hybridized carbons (Fsp3) is 0.474. The van der Waals surface area contributed by atoms with Gasteiger partial charge in [0.15, 0.2) is 0 Å². The predicted octanol–water partition coefficient (Wildman–Crippen LogP) is 4.43. The number of amides is 1. The van der Waals surface area contributed by atoms with Crippen molar-refractivity contribution in [2.24, 2.45) is 5.92 Å². The van der Waals surface area contributed by atoms with E-state index in [2.05, 4.69) is 10.5 Å². The van der Waals surface area contributed by atoms with Crippen molar-refractivity contribution in [2.75, 3.05) is 6.54 Å². The number of aromatic nitrogens is 1. The second kappa shape index (κ2) is 7.95. The topological polar surface area (TPSA) is 55.1 Å². The minimum absolute atomic E-state index is 0.180. The van der Waals surface area contributed by atoms with Crippen molar-refractivity contribution in [1.29, 1.82) is 0 Å². The average molecular weight is 312 g/mol. The number of benzene rings is 1. The van der Waals surface area contributed by atoms with E-state index in [0.717, 1.165) is 17.9 Å². The third-order valence-electron chi connectivity index (χ3n) is 4.60. The van der Waals surface area contributed by atoms with E-state index in [1.165, 1.54) is 38.5 Å². The van der Waals surface area contributed by atoms with Crippen molar-refractivity contribution in [2.45, 2.75) is 44.9 Å². The lowest BCUT2D eigenvalue weighted by Gasteiger charge is -2.08. The van der Waals surface area contributed by atoms with Crippen LogP contribution < -0.4 is 5.32 Å². The summed E-state index contributed by atoms with van der Waals surface area (Å²) in [5.41, 5.74) is 1.64. The predicted molar refractivity (Wildman–Crippen MR) is 90.1 cm³/mol. The van der Waals surface area contributed by atoms with Gasteiger partial charge in [-0.25, -0.2) is 0 Å². The van der Waals surface area contributed by atoms with Crippen LogP contribution in [0.2, 0.25) is 0 Å². The van der Waals surface area contributed by atoms with Gasteiger partial charge in [0.25, 0.3) is 5.91 Å². The molecule has 1 aliphatic carbocycles. The van der Waals surface area contributed by atoms with Crippen molar-refractivity contribution in [3.63, 3.8) is 0 Å². The molecule has 2 aromatic rings. The third-order valence-corrected chi connectivity index (χ3v) is 4.60. The van der Waals surface area contributed by atoms with Gasteiger partial charge in [-0.1, -0.05) is 74.0 Å². The van der Waals surface area contributed by atoms with Crippen LogP contribution in [0.5, 0.6) is 0 Å². The zero-order chi connectivity index (χ0) is 15.9. The van der Waals surface area contributed by atoms with Gasteiger partial charge in [0.05, 0.1) is 0 Å². The molecule has 1 aromatic carbocycles.